The quantitative estimate of drug-likeness (QED) is 0.855. The van der Waals surface area contributed by atoms with Gasteiger partial charge >= 0.3 is 0 Å². The summed E-state index contributed by atoms with van der Waals surface area (Å²) in [5, 5.41) is 11.8. The highest BCUT2D eigenvalue weighted by Gasteiger charge is 2.27. The minimum atomic E-state index is 0.493. The van der Waals surface area contributed by atoms with E-state index in [9.17, 15) is 0 Å². The van der Waals surface area contributed by atoms with Gasteiger partial charge in [0.25, 0.3) is 0 Å². The third kappa shape index (κ3) is 2.75. The molecule has 3 rings (SSSR count). The fourth-order valence-corrected chi connectivity index (χ4v) is 2.20. The van der Waals surface area contributed by atoms with Crippen LogP contribution in [0.15, 0.2) is 6.33 Å². The number of hydrogen-bond acceptors (Lipinski definition) is 5. The third-order valence-corrected chi connectivity index (χ3v) is 3.86. The summed E-state index contributed by atoms with van der Waals surface area (Å²) in [6.07, 6.45) is 4.82. The molecule has 6 nitrogen and oxygen atoms in total. The maximum atomic E-state index is 6.18. The zero-order valence-corrected chi connectivity index (χ0v) is 12.4. The predicted molar refractivity (Wildman–Crippen MR) is 77.0 cm³/mol. The van der Waals surface area contributed by atoms with Gasteiger partial charge in [0.2, 0.25) is 0 Å². The fourth-order valence-electron chi connectivity index (χ4n) is 2.03. The lowest BCUT2D eigenvalue weighted by atomic mass is 10.3. The van der Waals surface area contributed by atoms with Crippen molar-refractivity contribution in [3.8, 4) is 0 Å². The molecule has 1 N–H and O–H groups in total. The van der Waals surface area contributed by atoms with Crippen LogP contribution < -0.4 is 5.32 Å². The van der Waals surface area contributed by atoms with Crippen LogP contribution in [0.25, 0.3) is 0 Å². The van der Waals surface area contributed by atoms with Crippen LogP contribution in [0.1, 0.15) is 36.0 Å². The van der Waals surface area contributed by atoms with E-state index in [1.807, 2.05) is 18.5 Å². The molecule has 0 amide bonds. The van der Waals surface area contributed by atoms with Crippen molar-refractivity contribution < 1.29 is 0 Å². The van der Waals surface area contributed by atoms with Gasteiger partial charge in [0, 0.05) is 31.5 Å². The van der Waals surface area contributed by atoms with Crippen LogP contribution in [-0.2, 0) is 13.5 Å². The number of halogens is 1. The van der Waals surface area contributed by atoms with E-state index in [1.54, 1.807) is 6.33 Å². The maximum absolute atomic E-state index is 6.18. The summed E-state index contributed by atoms with van der Waals surface area (Å²) in [5.41, 5.74) is 0.897. The molecule has 1 fully saturated rings. The van der Waals surface area contributed by atoms with Gasteiger partial charge in [-0.1, -0.05) is 11.6 Å². The first-order valence-corrected chi connectivity index (χ1v) is 7.13. The lowest BCUT2D eigenvalue weighted by Gasteiger charge is -2.11. The van der Waals surface area contributed by atoms with Gasteiger partial charge in [-0.15, -0.1) is 10.2 Å². The minimum Gasteiger partial charge on any atom is -0.369 e. The zero-order chi connectivity index (χ0) is 14.1. The molecule has 1 aliphatic carbocycles. The molecular formula is C13H17ClN6. The maximum Gasteiger partial charge on any atom is 0.137 e. The van der Waals surface area contributed by atoms with Crippen molar-refractivity contribution in [2.24, 2.45) is 7.05 Å². The summed E-state index contributed by atoms with van der Waals surface area (Å²) < 4.78 is 1.91. The Morgan fingerprint density at radius 2 is 2.20 bits per heavy atom. The van der Waals surface area contributed by atoms with Crippen molar-refractivity contribution in [3.63, 3.8) is 0 Å². The first kappa shape index (κ1) is 13.3. The van der Waals surface area contributed by atoms with Crippen molar-refractivity contribution in [1.82, 2.24) is 24.7 Å². The molecular weight excluding hydrogens is 276 g/mol. The van der Waals surface area contributed by atoms with E-state index in [2.05, 4.69) is 25.5 Å². The van der Waals surface area contributed by atoms with Gasteiger partial charge in [-0.2, -0.15) is 0 Å². The largest absolute Gasteiger partial charge is 0.369 e. The molecule has 106 valence electrons. The highest BCUT2D eigenvalue weighted by atomic mass is 35.5. The Balaban J connectivity index is 1.68. The Morgan fingerprint density at radius 1 is 1.40 bits per heavy atom. The summed E-state index contributed by atoms with van der Waals surface area (Å²) in [7, 11) is 1.94. The Hall–Kier alpha value is -1.69. The summed E-state index contributed by atoms with van der Waals surface area (Å²) in [6.45, 7) is 2.68. The van der Waals surface area contributed by atoms with E-state index in [0.29, 0.717) is 11.1 Å². The standard InChI is InChI=1S/C13H17ClN6/c1-8-11(14)17-13(9-3-4-9)18-12(8)15-6-5-10-19-16-7-20(10)2/h7,9H,3-6H2,1-2H3,(H,15,17,18). The molecule has 0 unspecified atom stereocenters. The number of nitrogens with one attached hydrogen (secondary N) is 1. The molecule has 2 heterocycles. The average molecular weight is 293 g/mol. The molecule has 0 spiro atoms. The van der Waals surface area contributed by atoms with Crippen molar-refractivity contribution in [2.75, 3.05) is 11.9 Å². The molecule has 1 aliphatic rings. The Bertz CT molecular complexity index is 619. The first-order chi connectivity index (χ1) is 9.65. The molecule has 0 radical (unpaired) electrons. The predicted octanol–water partition coefficient (Wildman–Crippen LogP) is 2.10. The van der Waals surface area contributed by atoms with Gasteiger partial charge in [-0.3, -0.25) is 0 Å². The van der Waals surface area contributed by atoms with Gasteiger partial charge in [-0.05, 0) is 19.8 Å². The second-order valence-electron chi connectivity index (χ2n) is 5.16. The number of aryl methyl sites for hydroxylation is 1. The van der Waals surface area contributed by atoms with E-state index in [4.69, 9.17) is 11.6 Å². The third-order valence-electron chi connectivity index (χ3n) is 3.49. The summed E-state index contributed by atoms with van der Waals surface area (Å²) in [4.78, 5) is 8.94. The van der Waals surface area contributed by atoms with Crippen molar-refractivity contribution in [3.05, 3.63) is 28.7 Å². The van der Waals surface area contributed by atoms with E-state index in [-0.39, 0.29) is 0 Å². The molecule has 7 heteroatoms. The van der Waals surface area contributed by atoms with Gasteiger partial charge < -0.3 is 9.88 Å². The Kier molecular flexibility index (Phi) is 3.56. The van der Waals surface area contributed by atoms with Crippen molar-refractivity contribution >= 4 is 17.4 Å². The molecule has 0 aromatic carbocycles. The number of aromatic nitrogens is 5. The smallest absolute Gasteiger partial charge is 0.137 e. The van der Waals surface area contributed by atoms with Crippen LogP contribution in [0.2, 0.25) is 5.15 Å². The number of rotatable bonds is 5. The molecule has 0 bridgehead atoms. The lowest BCUT2D eigenvalue weighted by Crippen LogP contribution is -2.12. The second-order valence-corrected chi connectivity index (χ2v) is 5.51. The first-order valence-electron chi connectivity index (χ1n) is 6.76. The Morgan fingerprint density at radius 3 is 2.85 bits per heavy atom. The highest BCUT2D eigenvalue weighted by Crippen LogP contribution is 2.39. The van der Waals surface area contributed by atoms with Gasteiger partial charge in [-0.25, -0.2) is 9.97 Å². The highest BCUT2D eigenvalue weighted by molar-refractivity contribution is 6.30. The molecule has 20 heavy (non-hydrogen) atoms. The average Bonchev–Trinajstić information content (AvgIpc) is 3.19. The SMILES string of the molecule is Cc1c(Cl)nc(C2CC2)nc1NCCc1nncn1C. The van der Waals surface area contributed by atoms with Crippen molar-refractivity contribution in [2.45, 2.75) is 32.1 Å². The molecule has 0 aliphatic heterocycles. The summed E-state index contributed by atoms with van der Waals surface area (Å²) >= 11 is 6.18. The van der Waals surface area contributed by atoms with Gasteiger partial charge in [0.1, 0.15) is 28.9 Å². The van der Waals surface area contributed by atoms with E-state index >= 15 is 0 Å². The minimum absolute atomic E-state index is 0.493. The van der Waals surface area contributed by atoms with Crippen LogP contribution in [-0.4, -0.2) is 31.3 Å². The number of nitrogens with zero attached hydrogens (tertiary/aromatic N) is 5. The van der Waals surface area contributed by atoms with Gasteiger partial charge in [0.05, 0.1) is 0 Å². The van der Waals surface area contributed by atoms with Crippen LogP contribution in [0.4, 0.5) is 5.82 Å². The topological polar surface area (TPSA) is 68.5 Å². The van der Waals surface area contributed by atoms with Crippen LogP contribution in [0.5, 0.6) is 0 Å². The fraction of sp³-hybridized carbons (Fsp3) is 0.538. The van der Waals surface area contributed by atoms with Crippen LogP contribution >= 0.6 is 11.6 Å². The number of hydrogen-bond donors (Lipinski definition) is 1. The Labute approximate surface area is 122 Å². The summed E-state index contributed by atoms with van der Waals surface area (Å²) in [6, 6.07) is 0. The molecule has 0 atom stereocenters. The van der Waals surface area contributed by atoms with Crippen LogP contribution in [0.3, 0.4) is 0 Å². The van der Waals surface area contributed by atoms with E-state index in [0.717, 1.165) is 48.8 Å². The van der Waals surface area contributed by atoms with Crippen molar-refractivity contribution in [1.29, 1.82) is 0 Å². The summed E-state index contributed by atoms with van der Waals surface area (Å²) in [5.74, 6) is 3.13. The monoisotopic (exact) mass is 292 g/mol. The molecule has 1 saturated carbocycles. The van der Waals surface area contributed by atoms with E-state index in [1.165, 1.54) is 0 Å². The molecule has 0 saturated heterocycles. The number of anilines is 1. The lowest BCUT2D eigenvalue weighted by molar-refractivity contribution is 0.785. The molecule has 2 aromatic rings. The second kappa shape index (κ2) is 5.36. The van der Waals surface area contributed by atoms with Gasteiger partial charge in [0.15, 0.2) is 0 Å². The molecule has 2 aromatic heterocycles. The van der Waals surface area contributed by atoms with Crippen LogP contribution in [0, 0.1) is 6.92 Å². The zero-order valence-electron chi connectivity index (χ0n) is 11.6. The van der Waals surface area contributed by atoms with E-state index < -0.39 is 0 Å². The normalized spacial score (nSPS) is 14.6.